The fraction of sp³-hybridized carbons (Fsp3) is 0.643. The Labute approximate surface area is 114 Å². The first kappa shape index (κ1) is 13.9. The summed E-state index contributed by atoms with van der Waals surface area (Å²) in [5.41, 5.74) is 1.07. The highest BCUT2D eigenvalue weighted by molar-refractivity contribution is 5.82. The van der Waals surface area contributed by atoms with E-state index in [0.29, 0.717) is 6.54 Å². The van der Waals surface area contributed by atoms with Crippen molar-refractivity contribution < 1.29 is 4.79 Å². The molecule has 2 rings (SSSR count). The van der Waals surface area contributed by atoms with E-state index in [-0.39, 0.29) is 17.4 Å². The van der Waals surface area contributed by atoms with Gasteiger partial charge in [0.1, 0.15) is 6.33 Å². The van der Waals surface area contributed by atoms with Crippen LogP contribution < -0.4 is 5.32 Å². The van der Waals surface area contributed by atoms with Crippen LogP contribution in [0.4, 0.5) is 0 Å². The smallest absolute Gasteiger partial charge is 0.240 e. The molecule has 1 atom stereocenters. The summed E-state index contributed by atoms with van der Waals surface area (Å²) in [6.07, 6.45) is 5.13. The van der Waals surface area contributed by atoms with Crippen LogP contribution in [0.25, 0.3) is 0 Å². The Bertz CT molecular complexity index is 432. The van der Waals surface area contributed by atoms with Crippen molar-refractivity contribution in [3.05, 3.63) is 24.3 Å². The van der Waals surface area contributed by atoms with Gasteiger partial charge in [-0.15, -0.1) is 0 Å². The van der Waals surface area contributed by atoms with Gasteiger partial charge in [0.05, 0.1) is 18.3 Å². The van der Waals surface area contributed by atoms with Crippen molar-refractivity contribution in [1.29, 1.82) is 0 Å². The van der Waals surface area contributed by atoms with Gasteiger partial charge >= 0.3 is 0 Å². The van der Waals surface area contributed by atoms with Crippen LogP contribution in [0.15, 0.2) is 18.6 Å². The van der Waals surface area contributed by atoms with E-state index in [1.807, 2.05) is 18.0 Å². The largest absolute Gasteiger partial charge is 0.335 e. The second-order valence-corrected chi connectivity index (χ2v) is 5.92. The molecule has 5 heteroatoms. The molecule has 0 bridgehead atoms. The third kappa shape index (κ3) is 3.50. The van der Waals surface area contributed by atoms with Crippen LogP contribution in [0.2, 0.25) is 0 Å². The van der Waals surface area contributed by atoms with E-state index < -0.39 is 0 Å². The van der Waals surface area contributed by atoms with Crippen molar-refractivity contribution in [2.24, 2.45) is 5.41 Å². The molecule has 1 N–H and O–H groups in total. The van der Waals surface area contributed by atoms with Crippen molar-refractivity contribution in [2.45, 2.75) is 39.3 Å². The number of carbonyl (C=O) groups is 1. The number of carbonyl (C=O) groups excluding carboxylic acids is 1. The lowest BCUT2D eigenvalue weighted by Gasteiger charge is -2.24. The van der Waals surface area contributed by atoms with Gasteiger partial charge in [0.25, 0.3) is 0 Å². The number of nitrogens with one attached hydrogen (secondary N) is 1. The number of nitrogens with zero attached hydrogens (tertiary/aromatic N) is 3. The number of aromatic nitrogens is 2. The standard InChI is InChI=1S/C14H22N4O/c1-14(2)5-7-18(13(19)12(8-14)15-3)9-11-4-6-16-10-17-11/h4,6,10,12,15H,5,7-9H2,1-3H3. The van der Waals surface area contributed by atoms with E-state index in [4.69, 9.17) is 0 Å². The molecule has 1 unspecified atom stereocenters. The highest BCUT2D eigenvalue weighted by Crippen LogP contribution is 2.30. The number of likely N-dealkylation sites (tertiary alicyclic amines) is 1. The Morgan fingerprint density at radius 1 is 1.53 bits per heavy atom. The molecule has 0 saturated carbocycles. The molecule has 19 heavy (non-hydrogen) atoms. The summed E-state index contributed by atoms with van der Waals surface area (Å²) in [5, 5.41) is 3.14. The van der Waals surface area contributed by atoms with Crippen LogP contribution in [0.5, 0.6) is 0 Å². The first-order valence-corrected chi connectivity index (χ1v) is 6.73. The van der Waals surface area contributed by atoms with Gasteiger partial charge in [-0.3, -0.25) is 4.79 Å². The predicted octanol–water partition coefficient (Wildman–Crippen LogP) is 1.21. The SMILES string of the molecule is CNC1CC(C)(C)CCN(Cc2ccncn2)C1=O. The minimum atomic E-state index is -0.0978. The molecular formula is C14H22N4O. The third-order valence-corrected chi connectivity index (χ3v) is 3.77. The summed E-state index contributed by atoms with van der Waals surface area (Å²) >= 11 is 0. The minimum absolute atomic E-state index is 0.0978. The van der Waals surface area contributed by atoms with Crippen LogP contribution >= 0.6 is 0 Å². The number of likely N-dealkylation sites (N-methyl/N-ethyl adjacent to an activating group) is 1. The Morgan fingerprint density at radius 2 is 2.32 bits per heavy atom. The Morgan fingerprint density at radius 3 is 2.95 bits per heavy atom. The second kappa shape index (κ2) is 5.65. The third-order valence-electron chi connectivity index (χ3n) is 3.77. The van der Waals surface area contributed by atoms with Gasteiger partial charge in [-0.2, -0.15) is 0 Å². The van der Waals surface area contributed by atoms with Crippen LogP contribution in [0, 0.1) is 5.41 Å². The van der Waals surface area contributed by atoms with Gasteiger partial charge in [-0.25, -0.2) is 9.97 Å². The molecule has 1 fully saturated rings. The maximum absolute atomic E-state index is 12.5. The lowest BCUT2D eigenvalue weighted by Crippen LogP contribution is -2.44. The quantitative estimate of drug-likeness (QED) is 0.889. The van der Waals surface area contributed by atoms with Gasteiger partial charge in [-0.1, -0.05) is 13.8 Å². The highest BCUT2D eigenvalue weighted by Gasteiger charge is 2.34. The monoisotopic (exact) mass is 262 g/mol. The molecule has 0 aromatic carbocycles. The molecule has 1 aliphatic rings. The van der Waals surface area contributed by atoms with Gasteiger partial charge in [0.15, 0.2) is 0 Å². The summed E-state index contributed by atoms with van der Waals surface area (Å²) in [6.45, 7) is 5.79. The molecule has 2 heterocycles. The lowest BCUT2D eigenvalue weighted by molar-refractivity contribution is -0.133. The topological polar surface area (TPSA) is 58.1 Å². The number of amides is 1. The maximum Gasteiger partial charge on any atom is 0.240 e. The number of hydrogen-bond acceptors (Lipinski definition) is 4. The fourth-order valence-corrected chi connectivity index (χ4v) is 2.50. The molecular weight excluding hydrogens is 240 g/mol. The Kier molecular flexibility index (Phi) is 4.14. The van der Waals surface area contributed by atoms with Crippen molar-refractivity contribution in [1.82, 2.24) is 20.2 Å². The minimum Gasteiger partial charge on any atom is -0.335 e. The molecule has 0 radical (unpaired) electrons. The molecule has 1 aliphatic heterocycles. The molecule has 1 saturated heterocycles. The average molecular weight is 262 g/mol. The van der Waals surface area contributed by atoms with Crippen molar-refractivity contribution in [2.75, 3.05) is 13.6 Å². The highest BCUT2D eigenvalue weighted by atomic mass is 16.2. The second-order valence-electron chi connectivity index (χ2n) is 5.92. The van der Waals surface area contributed by atoms with Crippen molar-refractivity contribution >= 4 is 5.91 Å². The number of rotatable bonds is 3. The Balaban J connectivity index is 2.13. The van der Waals surface area contributed by atoms with Crippen LogP contribution in [-0.4, -0.2) is 40.4 Å². The zero-order valence-corrected chi connectivity index (χ0v) is 11.9. The van der Waals surface area contributed by atoms with E-state index in [1.165, 1.54) is 6.33 Å². The van der Waals surface area contributed by atoms with Gasteiger partial charge < -0.3 is 10.2 Å². The molecule has 1 aromatic heterocycles. The molecule has 0 aliphatic carbocycles. The molecule has 0 spiro atoms. The van der Waals surface area contributed by atoms with Gasteiger partial charge in [0, 0.05) is 12.7 Å². The average Bonchev–Trinajstić information content (AvgIpc) is 2.51. The molecule has 1 aromatic rings. The maximum atomic E-state index is 12.5. The first-order chi connectivity index (χ1) is 9.02. The summed E-state index contributed by atoms with van der Waals surface area (Å²) < 4.78 is 0. The van der Waals surface area contributed by atoms with E-state index in [0.717, 1.165) is 25.1 Å². The fourth-order valence-electron chi connectivity index (χ4n) is 2.50. The van der Waals surface area contributed by atoms with E-state index in [1.54, 1.807) is 6.20 Å². The normalized spacial score (nSPS) is 23.2. The van der Waals surface area contributed by atoms with E-state index in [9.17, 15) is 4.79 Å². The van der Waals surface area contributed by atoms with Crippen LogP contribution in [0.1, 0.15) is 32.4 Å². The number of hydrogen-bond donors (Lipinski definition) is 1. The van der Waals surface area contributed by atoms with Crippen molar-refractivity contribution in [3.63, 3.8) is 0 Å². The van der Waals surface area contributed by atoms with Gasteiger partial charge in [0.2, 0.25) is 5.91 Å². The summed E-state index contributed by atoms with van der Waals surface area (Å²) in [4.78, 5) is 22.5. The first-order valence-electron chi connectivity index (χ1n) is 6.73. The Hall–Kier alpha value is -1.49. The van der Waals surface area contributed by atoms with Crippen LogP contribution in [-0.2, 0) is 11.3 Å². The van der Waals surface area contributed by atoms with Gasteiger partial charge in [-0.05, 0) is 31.4 Å². The van der Waals surface area contributed by atoms with E-state index in [2.05, 4.69) is 29.1 Å². The summed E-state index contributed by atoms with van der Waals surface area (Å²) in [6, 6.07) is 1.76. The van der Waals surface area contributed by atoms with Crippen LogP contribution in [0.3, 0.4) is 0 Å². The molecule has 5 nitrogen and oxygen atoms in total. The molecule has 104 valence electrons. The van der Waals surface area contributed by atoms with Crippen molar-refractivity contribution in [3.8, 4) is 0 Å². The van der Waals surface area contributed by atoms with E-state index >= 15 is 0 Å². The molecule has 1 amide bonds. The summed E-state index contributed by atoms with van der Waals surface area (Å²) in [7, 11) is 1.85. The predicted molar refractivity (Wildman–Crippen MR) is 73.3 cm³/mol. The summed E-state index contributed by atoms with van der Waals surface area (Å²) in [5.74, 6) is 0.173. The zero-order chi connectivity index (χ0) is 13.9. The zero-order valence-electron chi connectivity index (χ0n) is 11.9. The lowest BCUT2D eigenvalue weighted by atomic mass is 9.83.